The molecule has 27 heavy (non-hydrogen) atoms. The highest BCUT2D eigenvalue weighted by Crippen LogP contribution is 2.29. The molecule has 5 heteroatoms. The molecule has 0 N–H and O–H groups in total. The minimum atomic E-state index is 0.226. The lowest BCUT2D eigenvalue weighted by atomic mass is 9.91. The van der Waals surface area contributed by atoms with Gasteiger partial charge in [-0.25, -0.2) is 0 Å². The van der Waals surface area contributed by atoms with E-state index in [1.54, 1.807) is 0 Å². The average molecular weight is 362 g/mol. The molecule has 0 atom stereocenters. The van der Waals surface area contributed by atoms with E-state index in [1.165, 1.54) is 16.3 Å². The highest BCUT2D eigenvalue weighted by atomic mass is 16.2. The number of fused-ring (bicyclic) bond motifs is 1. The van der Waals surface area contributed by atoms with Crippen molar-refractivity contribution in [2.45, 2.75) is 45.6 Å². The predicted molar refractivity (Wildman–Crippen MR) is 107 cm³/mol. The monoisotopic (exact) mass is 362 g/mol. The van der Waals surface area contributed by atoms with E-state index in [9.17, 15) is 4.79 Å². The maximum absolute atomic E-state index is 12.5. The van der Waals surface area contributed by atoms with Crippen LogP contribution in [0.15, 0.2) is 42.7 Å². The van der Waals surface area contributed by atoms with E-state index < -0.39 is 0 Å². The number of likely N-dealkylation sites (tertiary alicyclic amines) is 1. The molecule has 140 valence electrons. The standard InChI is InChI=1S/C22H26N4O/c1-16-4-3-5-19-15-23-21(14-20(16)19)18-7-10-25(11-8-18)22(27)9-13-26-12-6-17(2)24-26/h3-6,12,14-15,18H,7-11,13H2,1-2H3. The zero-order valence-corrected chi connectivity index (χ0v) is 16.1. The lowest BCUT2D eigenvalue weighted by Crippen LogP contribution is -2.38. The Hall–Kier alpha value is -2.69. The molecule has 1 saturated heterocycles. The van der Waals surface area contributed by atoms with Gasteiger partial charge in [-0.2, -0.15) is 5.10 Å². The number of amides is 1. The highest BCUT2D eigenvalue weighted by molar-refractivity contribution is 5.85. The largest absolute Gasteiger partial charge is 0.343 e. The first-order valence-electron chi connectivity index (χ1n) is 9.73. The maximum atomic E-state index is 12.5. The Morgan fingerprint density at radius 2 is 2.00 bits per heavy atom. The number of carbonyl (C=O) groups excluding carboxylic acids is 1. The van der Waals surface area contributed by atoms with Crippen molar-refractivity contribution in [3.05, 3.63) is 59.7 Å². The summed E-state index contributed by atoms with van der Waals surface area (Å²) in [6, 6.07) is 10.5. The molecule has 1 aliphatic rings. The summed E-state index contributed by atoms with van der Waals surface area (Å²) in [4.78, 5) is 19.2. The Balaban J connectivity index is 1.35. The second kappa shape index (κ2) is 7.51. The average Bonchev–Trinajstić information content (AvgIpc) is 3.11. The first kappa shape index (κ1) is 17.7. The van der Waals surface area contributed by atoms with E-state index in [2.05, 4.69) is 36.3 Å². The molecule has 1 amide bonds. The van der Waals surface area contributed by atoms with Crippen molar-refractivity contribution < 1.29 is 4.79 Å². The molecule has 2 aromatic heterocycles. The Kier molecular flexibility index (Phi) is 4.92. The van der Waals surface area contributed by atoms with Crippen LogP contribution >= 0.6 is 0 Å². The normalized spacial score (nSPS) is 15.4. The van der Waals surface area contributed by atoms with E-state index in [0.717, 1.165) is 37.3 Å². The first-order valence-corrected chi connectivity index (χ1v) is 9.73. The van der Waals surface area contributed by atoms with E-state index in [4.69, 9.17) is 4.98 Å². The molecule has 5 nitrogen and oxygen atoms in total. The summed E-state index contributed by atoms with van der Waals surface area (Å²) in [7, 11) is 0. The van der Waals surface area contributed by atoms with Crippen LogP contribution in [0, 0.1) is 13.8 Å². The van der Waals surface area contributed by atoms with Gasteiger partial charge in [0.25, 0.3) is 0 Å². The van der Waals surface area contributed by atoms with Gasteiger partial charge in [0.2, 0.25) is 5.91 Å². The molecule has 0 bridgehead atoms. The quantitative estimate of drug-likeness (QED) is 0.708. The van der Waals surface area contributed by atoms with Crippen LogP contribution in [0.4, 0.5) is 0 Å². The van der Waals surface area contributed by atoms with E-state index in [-0.39, 0.29) is 5.91 Å². The molecular weight excluding hydrogens is 336 g/mol. The Labute approximate surface area is 160 Å². The van der Waals surface area contributed by atoms with E-state index >= 15 is 0 Å². The number of hydrogen-bond donors (Lipinski definition) is 0. The van der Waals surface area contributed by atoms with Gasteiger partial charge in [0.05, 0.1) is 5.69 Å². The lowest BCUT2D eigenvalue weighted by molar-refractivity contribution is -0.132. The van der Waals surface area contributed by atoms with Crippen molar-refractivity contribution in [2.24, 2.45) is 0 Å². The zero-order valence-electron chi connectivity index (χ0n) is 16.1. The number of pyridine rings is 1. The molecule has 3 heterocycles. The fourth-order valence-corrected chi connectivity index (χ4v) is 3.95. The van der Waals surface area contributed by atoms with Crippen molar-refractivity contribution in [3.8, 4) is 0 Å². The second-order valence-corrected chi connectivity index (χ2v) is 7.53. The Morgan fingerprint density at radius 1 is 1.19 bits per heavy atom. The SMILES string of the molecule is Cc1ccn(CCC(=O)N2CCC(c3cc4c(C)cccc4cn3)CC2)n1. The van der Waals surface area contributed by atoms with Gasteiger partial charge >= 0.3 is 0 Å². The van der Waals surface area contributed by atoms with Gasteiger partial charge in [-0.15, -0.1) is 0 Å². The molecule has 0 aliphatic carbocycles. The van der Waals surface area contributed by atoms with Crippen molar-refractivity contribution in [2.75, 3.05) is 13.1 Å². The summed E-state index contributed by atoms with van der Waals surface area (Å²) in [6.07, 6.45) is 6.40. The van der Waals surface area contributed by atoms with Crippen LogP contribution in [0.5, 0.6) is 0 Å². The molecule has 0 unspecified atom stereocenters. The van der Waals surface area contributed by atoms with Crippen LogP contribution in [0.25, 0.3) is 10.8 Å². The zero-order chi connectivity index (χ0) is 18.8. The molecule has 1 aromatic carbocycles. The summed E-state index contributed by atoms with van der Waals surface area (Å²) in [6.45, 7) is 6.39. The van der Waals surface area contributed by atoms with Gasteiger partial charge < -0.3 is 4.90 Å². The fourth-order valence-electron chi connectivity index (χ4n) is 3.95. The van der Waals surface area contributed by atoms with Crippen molar-refractivity contribution in [3.63, 3.8) is 0 Å². The number of nitrogens with zero attached hydrogens (tertiary/aromatic N) is 4. The van der Waals surface area contributed by atoms with Crippen LogP contribution in [0.2, 0.25) is 0 Å². The molecule has 4 rings (SSSR count). The molecule has 1 aliphatic heterocycles. The van der Waals surface area contributed by atoms with Crippen molar-refractivity contribution in [1.29, 1.82) is 0 Å². The van der Waals surface area contributed by atoms with Crippen LogP contribution in [0.1, 0.15) is 42.1 Å². The molecule has 0 saturated carbocycles. The number of rotatable bonds is 4. The third-order valence-corrected chi connectivity index (χ3v) is 5.60. The Bertz CT molecular complexity index is 954. The van der Waals surface area contributed by atoms with Crippen LogP contribution in [-0.2, 0) is 11.3 Å². The topological polar surface area (TPSA) is 51.0 Å². The maximum Gasteiger partial charge on any atom is 0.224 e. The van der Waals surface area contributed by atoms with E-state index in [1.807, 2.05) is 35.0 Å². The molecule has 0 radical (unpaired) electrons. The minimum absolute atomic E-state index is 0.226. The van der Waals surface area contributed by atoms with Gasteiger partial charge in [-0.3, -0.25) is 14.5 Å². The van der Waals surface area contributed by atoms with Gasteiger partial charge in [-0.1, -0.05) is 18.2 Å². The summed E-state index contributed by atoms with van der Waals surface area (Å²) in [5.74, 6) is 0.663. The van der Waals surface area contributed by atoms with Crippen LogP contribution in [-0.4, -0.2) is 38.7 Å². The number of benzene rings is 1. The van der Waals surface area contributed by atoms with Crippen LogP contribution in [0.3, 0.4) is 0 Å². The summed E-state index contributed by atoms with van der Waals surface area (Å²) in [5, 5.41) is 6.83. The summed E-state index contributed by atoms with van der Waals surface area (Å²) in [5.41, 5.74) is 3.44. The van der Waals surface area contributed by atoms with Gasteiger partial charge in [0, 0.05) is 55.4 Å². The number of piperidine rings is 1. The number of aryl methyl sites for hydroxylation is 3. The van der Waals surface area contributed by atoms with Crippen molar-refractivity contribution in [1.82, 2.24) is 19.7 Å². The van der Waals surface area contributed by atoms with E-state index in [0.29, 0.717) is 18.9 Å². The highest BCUT2D eigenvalue weighted by Gasteiger charge is 2.24. The molecule has 1 fully saturated rings. The van der Waals surface area contributed by atoms with Crippen LogP contribution < -0.4 is 0 Å². The smallest absolute Gasteiger partial charge is 0.224 e. The second-order valence-electron chi connectivity index (χ2n) is 7.53. The summed E-state index contributed by atoms with van der Waals surface area (Å²) < 4.78 is 1.85. The molecular formula is C22H26N4O. The number of aromatic nitrogens is 3. The van der Waals surface area contributed by atoms with Gasteiger partial charge in [0.15, 0.2) is 0 Å². The third-order valence-electron chi connectivity index (χ3n) is 5.60. The summed E-state index contributed by atoms with van der Waals surface area (Å²) >= 11 is 0. The lowest BCUT2D eigenvalue weighted by Gasteiger charge is -2.32. The fraction of sp³-hybridized carbons (Fsp3) is 0.409. The predicted octanol–water partition coefficient (Wildman–Crippen LogP) is 3.84. The van der Waals surface area contributed by atoms with Gasteiger partial charge in [0.1, 0.15) is 0 Å². The number of hydrogen-bond acceptors (Lipinski definition) is 3. The third kappa shape index (κ3) is 3.87. The number of carbonyl (C=O) groups is 1. The minimum Gasteiger partial charge on any atom is -0.343 e. The first-order chi connectivity index (χ1) is 13.1. The van der Waals surface area contributed by atoms with Gasteiger partial charge in [-0.05, 0) is 49.8 Å². The molecule has 3 aromatic rings. The molecule has 0 spiro atoms. The Morgan fingerprint density at radius 3 is 2.74 bits per heavy atom. The van der Waals surface area contributed by atoms with Crippen molar-refractivity contribution >= 4 is 16.7 Å².